The van der Waals surface area contributed by atoms with Crippen LogP contribution in [0.1, 0.15) is 30.9 Å². The smallest absolute Gasteiger partial charge is 0.317 e. The monoisotopic (exact) mass is 276 g/mol. The summed E-state index contributed by atoms with van der Waals surface area (Å²) in [6, 6.07) is 8.32. The average Bonchev–Trinajstić information content (AvgIpc) is 3.23. The number of nitrogens with zero attached hydrogens (tertiary/aromatic N) is 1. The first-order chi connectivity index (χ1) is 9.63. The van der Waals surface area contributed by atoms with E-state index in [9.17, 15) is 4.79 Å². The van der Waals surface area contributed by atoms with E-state index in [2.05, 4.69) is 30.4 Å². The number of aliphatic hydroxyl groups is 1. The lowest BCUT2D eigenvalue weighted by Crippen LogP contribution is -2.44. The Balaban J connectivity index is 1.97. The van der Waals surface area contributed by atoms with Gasteiger partial charge in [-0.3, -0.25) is 0 Å². The highest BCUT2D eigenvalue weighted by Gasteiger charge is 2.45. The van der Waals surface area contributed by atoms with Gasteiger partial charge in [-0.05, 0) is 37.8 Å². The van der Waals surface area contributed by atoms with Crippen LogP contribution in [0.3, 0.4) is 0 Å². The molecular formula is C16H24N2O2. The second-order valence-electron chi connectivity index (χ2n) is 5.56. The van der Waals surface area contributed by atoms with Crippen LogP contribution in [0.5, 0.6) is 0 Å². The van der Waals surface area contributed by atoms with E-state index < -0.39 is 0 Å². The van der Waals surface area contributed by atoms with Gasteiger partial charge in [0.25, 0.3) is 0 Å². The zero-order valence-corrected chi connectivity index (χ0v) is 12.4. The van der Waals surface area contributed by atoms with Crippen molar-refractivity contribution < 1.29 is 9.90 Å². The Labute approximate surface area is 120 Å². The SMILES string of the molecule is CCN(CCO)C(=O)NCC1(c2ccccc2C)CC1. The summed E-state index contributed by atoms with van der Waals surface area (Å²) in [5, 5.41) is 12.0. The minimum absolute atomic E-state index is 0.00416. The molecule has 110 valence electrons. The van der Waals surface area contributed by atoms with Gasteiger partial charge in [0, 0.05) is 25.0 Å². The highest BCUT2D eigenvalue weighted by atomic mass is 16.3. The summed E-state index contributed by atoms with van der Waals surface area (Å²) in [5.41, 5.74) is 2.77. The molecule has 0 aliphatic heterocycles. The number of carbonyl (C=O) groups excluding carboxylic acids is 1. The second kappa shape index (κ2) is 6.27. The lowest BCUT2D eigenvalue weighted by atomic mass is 9.92. The van der Waals surface area contributed by atoms with Crippen LogP contribution in [0.25, 0.3) is 0 Å². The fourth-order valence-electron chi connectivity index (χ4n) is 2.74. The number of aryl methyl sites for hydroxylation is 1. The lowest BCUT2D eigenvalue weighted by molar-refractivity contribution is 0.179. The number of aliphatic hydroxyl groups excluding tert-OH is 1. The highest BCUT2D eigenvalue weighted by Crippen LogP contribution is 2.48. The van der Waals surface area contributed by atoms with Gasteiger partial charge < -0.3 is 15.3 Å². The molecule has 4 heteroatoms. The van der Waals surface area contributed by atoms with Gasteiger partial charge in [0.05, 0.1) is 6.61 Å². The topological polar surface area (TPSA) is 52.6 Å². The first-order valence-corrected chi connectivity index (χ1v) is 7.33. The van der Waals surface area contributed by atoms with Gasteiger partial charge in [-0.1, -0.05) is 24.3 Å². The standard InChI is InChI=1S/C16H24N2O2/c1-3-18(10-11-19)15(20)17-12-16(8-9-16)14-7-5-4-6-13(14)2/h4-7,19H,3,8-12H2,1-2H3,(H,17,20). The molecule has 20 heavy (non-hydrogen) atoms. The summed E-state index contributed by atoms with van der Waals surface area (Å²) in [6.45, 7) is 5.73. The summed E-state index contributed by atoms with van der Waals surface area (Å²) in [4.78, 5) is 13.7. The molecule has 2 N–H and O–H groups in total. The molecular weight excluding hydrogens is 252 g/mol. The second-order valence-corrected chi connectivity index (χ2v) is 5.56. The minimum Gasteiger partial charge on any atom is -0.395 e. The van der Waals surface area contributed by atoms with Gasteiger partial charge >= 0.3 is 6.03 Å². The third kappa shape index (κ3) is 3.12. The van der Waals surface area contributed by atoms with E-state index in [0.29, 0.717) is 19.6 Å². The molecule has 1 aliphatic carbocycles. The van der Waals surface area contributed by atoms with E-state index in [4.69, 9.17) is 5.11 Å². The summed E-state index contributed by atoms with van der Waals surface area (Å²) in [6.07, 6.45) is 2.26. The number of hydrogen-bond donors (Lipinski definition) is 2. The van der Waals surface area contributed by atoms with Crippen molar-refractivity contribution in [3.63, 3.8) is 0 Å². The van der Waals surface area contributed by atoms with E-state index in [1.807, 2.05) is 13.0 Å². The van der Waals surface area contributed by atoms with Crippen LogP contribution in [0, 0.1) is 6.92 Å². The van der Waals surface area contributed by atoms with Crippen LogP contribution in [0.15, 0.2) is 24.3 Å². The first-order valence-electron chi connectivity index (χ1n) is 7.33. The normalized spacial score (nSPS) is 15.8. The Hall–Kier alpha value is -1.55. The zero-order chi connectivity index (χ0) is 14.6. The number of amides is 2. The van der Waals surface area contributed by atoms with Gasteiger partial charge in [-0.25, -0.2) is 4.79 Å². The van der Waals surface area contributed by atoms with Crippen LogP contribution in [-0.2, 0) is 5.41 Å². The molecule has 0 radical (unpaired) electrons. The summed E-state index contributed by atoms with van der Waals surface area (Å²) >= 11 is 0. The van der Waals surface area contributed by atoms with E-state index in [1.54, 1.807) is 4.90 Å². The van der Waals surface area contributed by atoms with Crippen molar-refractivity contribution in [1.82, 2.24) is 10.2 Å². The number of carbonyl (C=O) groups is 1. The molecule has 0 heterocycles. The number of rotatable bonds is 6. The summed E-state index contributed by atoms with van der Waals surface area (Å²) in [7, 11) is 0. The third-order valence-corrected chi connectivity index (χ3v) is 4.19. The summed E-state index contributed by atoms with van der Waals surface area (Å²) in [5.74, 6) is 0. The number of nitrogens with one attached hydrogen (secondary N) is 1. The quantitative estimate of drug-likeness (QED) is 0.835. The van der Waals surface area contributed by atoms with Crippen LogP contribution in [0.4, 0.5) is 4.79 Å². The molecule has 0 saturated heterocycles. The first kappa shape index (κ1) is 14.9. The van der Waals surface area contributed by atoms with E-state index in [1.165, 1.54) is 11.1 Å². The minimum atomic E-state index is -0.0820. The predicted octanol–water partition coefficient (Wildman–Crippen LogP) is 2.05. The fourth-order valence-corrected chi connectivity index (χ4v) is 2.74. The van der Waals surface area contributed by atoms with Crippen LogP contribution in [-0.4, -0.2) is 42.3 Å². The fraction of sp³-hybridized carbons (Fsp3) is 0.562. The maximum absolute atomic E-state index is 12.1. The van der Waals surface area contributed by atoms with Crippen molar-refractivity contribution in [2.24, 2.45) is 0 Å². The maximum atomic E-state index is 12.1. The number of likely N-dealkylation sites (N-methyl/N-ethyl adjacent to an activating group) is 1. The van der Waals surface area contributed by atoms with Gasteiger partial charge in [-0.2, -0.15) is 0 Å². The Bertz CT molecular complexity index is 469. The van der Waals surface area contributed by atoms with Gasteiger partial charge in [0.1, 0.15) is 0 Å². The van der Waals surface area contributed by atoms with Crippen molar-refractivity contribution in [1.29, 1.82) is 0 Å². The largest absolute Gasteiger partial charge is 0.395 e. The molecule has 0 unspecified atom stereocenters. The molecule has 0 aromatic heterocycles. The lowest BCUT2D eigenvalue weighted by Gasteiger charge is -2.23. The van der Waals surface area contributed by atoms with Crippen LogP contribution in [0.2, 0.25) is 0 Å². The van der Waals surface area contributed by atoms with E-state index in [-0.39, 0.29) is 18.1 Å². The Morgan fingerprint density at radius 1 is 1.40 bits per heavy atom. The number of urea groups is 1. The van der Waals surface area contributed by atoms with Crippen molar-refractivity contribution >= 4 is 6.03 Å². The van der Waals surface area contributed by atoms with Crippen molar-refractivity contribution in [2.75, 3.05) is 26.2 Å². The Kier molecular flexibility index (Phi) is 4.65. The van der Waals surface area contributed by atoms with Crippen LogP contribution < -0.4 is 5.32 Å². The molecule has 1 saturated carbocycles. The number of benzene rings is 1. The van der Waals surface area contributed by atoms with Crippen LogP contribution >= 0.6 is 0 Å². The van der Waals surface area contributed by atoms with Crippen molar-refractivity contribution in [2.45, 2.75) is 32.1 Å². The molecule has 0 bridgehead atoms. The molecule has 1 fully saturated rings. The summed E-state index contributed by atoms with van der Waals surface area (Å²) < 4.78 is 0. The molecule has 1 aromatic carbocycles. The van der Waals surface area contributed by atoms with Gasteiger partial charge in [-0.15, -0.1) is 0 Å². The van der Waals surface area contributed by atoms with E-state index >= 15 is 0 Å². The average molecular weight is 276 g/mol. The van der Waals surface area contributed by atoms with Gasteiger partial charge in [0.15, 0.2) is 0 Å². The van der Waals surface area contributed by atoms with Gasteiger partial charge in [0.2, 0.25) is 0 Å². The molecule has 1 aliphatic rings. The molecule has 2 amide bonds. The van der Waals surface area contributed by atoms with Crippen molar-refractivity contribution in [3.05, 3.63) is 35.4 Å². The highest BCUT2D eigenvalue weighted by molar-refractivity contribution is 5.74. The molecule has 0 spiro atoms. The molecule has 1 aromatic rings. The Morgan fingerprint density at radius 3 is 2.65 bits per heavy atom. The Morgan fingerprint density at radius 2 is 2.10 bits per heavy atom. The zero-order valence-electron chi connectivity index (χ0n) is 12.4. The maximum Gasteiger partial charge on any atom is 0.317 e. The van der Waals surface area contributed by atoms with E-state index in [0.717, 1.165) is 12.8 Å². The molecule has 4 nitrogen and oxygen atoms in total. The molecule has 2 rings (SSSR count). The van der Waals surface area contributed by atoms with Crippen molar-refractivity contribution in [3.8, 4) is 0 Å². The number of hydrogen-bond acceptors (Lipinski definition) is 2. The predicted molar refractivity (Wildman–Crippen MR) is 79.8 cm³/mol. The third-order valence-electron chi connectivity index (χ3n) is 4.19. The molecule has 0 atom stereocenters.